The Morgan fingerprint density at radius 1 is 1.15 bits per heavy atom. The number of hydrogen-bond acceptors (Lipinski definition) is 8. The molecular weight excluding hydrogens is 599 g/mol. The Labute approximate surface area is 234 Å². The summed E-state index contributed by atoms with van der Waals surface area (Å²) in [6, 6.07) is 5.50. The molecule has 2 aromatic carbocycles. The van der Waals surface area contributed by atoms with Crippen LogP contribution in [0.1, 0.15) is 31.4 Å². The van der Waals surface area contributed by atoms with Crippen molar-refractivity contribution in [1.29, 1.82) is 0 Å². The second kappa shape index (κ2) is 10.1. The van der Waals surface area contributed by atoms with Gasteiger partial charge in [0.25, 0.3) is 12.0 Å². The van der Waals surface area contributed by atoms with E-state index < -0.39 is 49.6 Å². The second-order valence-corrected chi connectivity index (χ2v) is 11.6. The Bertz CT molecular complexity index is 1730. The molecule has 12 nitrogen and oxygen atoms in total. The van der Waals surface area contributed by atoms with Gasteiger partial charge in [-0.1, -0.05) is 23.2 Å². The van der Waals surface area contributed by atoms with Crippen molar-refractivity contribution in [3.63, 3.8) is 0 Å². The molecule has 2 heterocycles. The molecule has 3 aromatic rings. The Morgan fingerprint density at radius 2 is 1.80 bits per heavy atom. The number of benzene rings is 2. The number of alkyl halides is 2. The van der Waals surface area contributed by atoms with E-state index in [4.69, 9.17) is 27.9 Å². The third kappa shape index (κ3) is 5.16. The smallest absolute Gasteiger partial charge is 0.349 e. The van der Waals surface area contributed by atoms with Crippen molar-refractivity contribution in [2.45, 2.75) is 36.1 Å². The maximum atomic E-state index is 13.1. The van der Waals surface area contributed by atoms with Gasteiger partial charge in [-0.3, -0.25) is 14.6 Å². The van der Waals surface area contributed by atoms with Gasteiger partial charge < -0.3 is 14.7 Å². The first-order valence-corrected chi connectivity index (χ1v) is 13.9. The zero-order valence-corrected chi connectivity index (χ0v) is 22.5. The summed E-state index contributed by atoms with van der Waals surface area (Å²) in [5.74, 6) is -1.23. The number of phenolic OH excluding ortho intramolecular Hbond substituents is 1. The van der Waals surface area contributed by atoms with Crippen molar-refractivity contribution in [3.8, 4) is 22.9 Å². The number of aromatic hydroxyl groups is 1. The van der Waals surface area contributed by atoms with Crippen LogP contribution in [-0.4, -0.2) is 57.7 Å². The monoisotopic (exact) mass is 617 g/mol. The quantitative estimate of drug-likeness (QED) is 0.347. The third-order valence-corrected chi connectivity index (χ3v) is 8.49. The van der Waals surface area contributed by atoms with Crippen molar-refractivity contribution in [3.05, 3.63) is 66.9 Å². The zero-order chi connectivity index (χ0) is 29.0. The molecule has 1 saturated heterocycles. The van der Waals surface area contributed by atoms with E-state index in [9.17, 15) is 36.7 Å². The lowest BCUT2D eigenvalue weighted by atomic mass is 10.1. The number of hydrogen-bond donors (Lipinski definition) is 3. The first-order chi connectivity index (χ1) is 18.8. The fraction of sp³-hybridized carbons (Fsp3) is 0.304. The van der Waals surface area contributed by atoms with Crippen molar-refractivity contribution < 1.29 is 31.8 Å². The van der Waals surface area contributed by atoms with E-state index in [2.05, 4.69) is 9.82 Å². The van der Waals surface area contributed by atoms with E-state index in [1.807, 2.05) is 0 Å². The highest BCUT2D eigenvalue weighted by molar-refractivity contribution is 7.89. The number of carbonyl (C=O) groups excluding carboxylic acids is 1. The average molecular weight is 618 g/mol. The largest absolute Gasteiger partial charge is 0.507 e. The van der Waals surface area contributed by atoms with E-state index in [1.165, 1.54) is 6.07 Å². The summed E-state index contributed by atoms with van der Waals surface area (Å²) >= 11 is 12.5. The fourth-order valence-electron chi connectivity index (χ4n) is 4.01. The number of likely N-dealkylation sites (tertiary alicyclic amines) is 1. The molecule has 1 aliphatic heterocycles. The molecule has 0 bridgehead atoms. The minimum Gasteiger partial charge on any atom is -0.507 e. The Kier molecular flexibility index (Phi) is 7.10. The summed E-state index contributed by atoms with van der Waals surface area (Å²) in [5, 5.41) is 13.2. The molecular formula is C23H19Cl2F2N5O7S. The molecule has 2 fully saturated rings. The van der Waals surface area contributed by atoms with Crippen LogP contribution >= 0.6 is 23.2 Å². The normalized spacial score (nSPS) is 16.1. The number of aromatic nitrogens is 3. The van der Waals surface area contributed by atoms with Gasteiger partial charge in [0.15, 0.2) is 11.4 Å². The number of phenols is 1. The van der Waals surface area contributed by atoms with Gasteiger partial charge in [0.05, 0.1) is 15.7 Å². The fourth-order valence-corrected chi connectivity index (χ4v) is 6.09. The molecule has 1 aliphatic carbocycles. The molecule has 212 valence electrons. The lowest BCUT2D eigenvalue weighted by Crippen LogP contribution is -2.54. The van der Waals surface area contributed by atoms with Gasteiger partial charge in [-0.05, 0) is 43.5 Å². The molecule has 1 amide bonds. The van der Waals surface area contributed by atoms with Crippen LogP contribution in [0.4, 0.5) is 8.78 Å². The van der Waals surface area contributed by atoms with Crippen LogP contribution in [0, 0.1) is 0 Å². The van der Waals surface area contributed by atoms with Crippen LogP contribution in [0.5, 0.6) is 17.2 Å². The van der Waals surface area contributed by atoms with Gasteiger partial charge in [0, 0.05) is 19.2 Å². The summed E-state index contributed by atoms with van der Waals surface area (Å²) in [6.07, 6.45) is -1.78. The number of H-pyrrole nitrogens is 1. The zero-order valence-electron chi connectivity index (χ0n) is 20.2. The molecule has 1 aromatic heterocycles. The molecule has 0 spiro atoms. The van der Waals surface area contributed by atoms with Crippen LogP contribution in [-0.2, 0) is 14.8 Å². The molecule has 3 N–H and O–H groups in total. The number of amides is 1. The van der Waals surface area contributed by atoms with Crippen LogP contribution in [0.25, 0.3) is 5.69 Å². The predicted octanol–water partition coefficient (Wildman–Crippen LogP) is 2.71. The van der Waals surface area contributed by atoms with E-state index >= 15 is 0 Å². The topological polar surface area (TPSA) is 164 Å². The van der Waals surface area contributed by atoms with Gasteiger partial charge >= 0.3 is 5.69 Å². The van der Waals surface area contributed by atoms with Crippen molar-refractivity contribution in [2.24, 2.45) is 0 Å². The van der Waals surface area contributed by atoms with Gasteiger partial charge in [-0.15, -0.1) is 0 Å². The molecule has 0 unspecified atom stereocenters. The van der Waals surface area contributed by atoms with Crippen molar-refractivity contribution >= 4 is 39.1 Å². The maximum absolute atomic E-state index is 13.1. The predicted molar refractivity (Wildman–Crippen MR) is 137 cm³/mol. The number of sulfonamides is 1. The minimum absolute atomic E-state index is 0.118. The number of aromatic amines is 1. The first-order valence-electron chi connectivity index (χ1n) is 11.7. The van der Waals surface area contributed by atoms with Gasteiger partial charge in [-0.25, -0.2) is 22.0 Å². The lowest BCUT2D eigenvalue weighted by molar-refractivity contribution is -0.137. The van der Waals surface area contributed by atoms with Crippen molar-refractivity contribution in [1.82, 2.24) is 24.4 Å². The Morgan fingerprint density at radius 3 is 2.35 bits per heavy atom. The van der Waals surface area contributed by atoms with Crippen molar-refractivity contribution in [2.75, 3.05) is 13.1 Å². The molecule has 0 radical (unpaired) electrons. The van der Waals surface area contributed by atoms with E-state index in [0.29, 0.717) is 30.6 Å². The maximum Gasteiger partial charge on any atom is 0.349 e. The van der Waals surface area contributed by atoms with Crippen LogP contribution in [0.2, 0.25) is 10.0 Å². The Hall–Kier alpha value is -3.53. The number of ether oxygens (including phenoxy) is 1. The molecule has 17 heteroatoms. The average Bonchev–Trinajstić information content (AvgIpc) is 3.60. The highest BCUT2D eigenvalue weighted by atomic mass is 35.5. The summed E-state index contributed by atoms with van der Waals surface area (Å²) in [4.78, 5) is 39.2. The highest BCUT2D eigenvalue weighted by Crippen LogP contribution is 2.42. The standard InChI is InChI=1S/C23H19Cl2F2N5O7S/c24-13-8-11(32-22(36)28-20(34)17(29-32)19(26)27)9-14(25)18(13)39-12-2-3-15(33)16(10-12)40(37,38)30-23(4-5-23)21(35)31-6-1-7-31/h2-3,8-10,19,30,33H,1,4-7H2,(H,28,34,36). The van der Waals surface area contributed by atoms with E-state index in [1.54, 1.807) is 9.88 Å². The van der Waals surface area contributed by atoms with E-state index in [0.717, 1.165) is 30.7 Å². The number of carbonyl (C=O) groups is 1. The minimum atomic E-state index is -4.38. The van der Waals surface area contributed by atoms with Crippen LogP contribution in [0.3, 0.4) is 0 Å². The number of rotatable bonds is 8. The van der Waals surface area contributed by atoms with Gasteiger partial charge in [-0.2, -0.15) is 14.5 Å². The molecule has 0 atom stereocenters. The number of nitrogens with one attached hydrogen (secondary N) is 2. The second-order valence-electron chi connectivity index (χ2n) is 9.16. The summed E-state index contributed by atoms with van der Waals surface area (Å²) in [5.41, 5.74) is -5.11. The Balaban J connectivity index is 1.43. The van der Waals surface area contributed by atoms with Gasteiger partial charge in [0.2, 0.25) is 15.9 Å². The molecule has 5 rings (SSSR count). The first kappa shape index (κ1) is 28.0. The van der Waals surface area contributed by atoms with Crippen LogP contribution in [0.15, 0.2) is 44.8 Å². The summed E-state index contributed by atoms with van der Waals surface area (Å²) < 4.78 is 61.0. The summed E-state index contributed by atoms with van der Waals surface area (Å²) in [6.45, 7) is 1.11. The highest BCUT2D eigenvalue weighted by Gasteiger charge is 2.55. The molecule has 1 saturated carbocycles. The third-order valence-electron chi connectivity index (χ3n) is 6.36. The van der Waals surface area contributed by atoms with E-state index in [-0.39, 0.29) is 33.1 Å². The lowest BCUT2D eigenvalue weighted by Gasteiger charge is -2.34. The van der Waals surface area contributed by atoms with Crippen LogP contribution < -0.4 is 20.7 Å². The number of halogens is 4. The van der Waals surface area contributed by atoms with Gasteiger partial charge in [0.1, 0.15) is 21.9 Å². The molecule has 40 heavy (non-hydrogen) atoms. The summed E-state index contributed by atoms with van der Waals surface area (Å²) in [7, 11) is -4.38. The number of nitrogens with zero attached hydrogens (tertiary/aromatic N) is 3. The molecule has 2 aliphatic rings. The SMILES string of the molecule is O=C(N1CCC1)C1(NS(=O)(=O)c2cc(Oc3c(Cl)cc(-n4nc(C(F)F)c(=O)[nH]c4=O)cc3Cl)ccc2O)CC1.